The minimum atomic E-state index is -4.38. The first-order valence-corrected chi connectivity index (χ1v) is 37.8. The summed E-state index contributed by atoms with van der Waals surface area (Å²) in [5.41, 5.74) is 15.2. The van der Waals surface area contributed by atoms with Crippen molar-refractivity contribution in [1.82, 2.24) is 59.8 Å². The average Bonchev–Trinajstić information content (AvgIpc) is 0.801. The van der Waals surface area contributed by atoms with E-state index in [4.69, 9.17) is 37.0 Å². The monoisotopic (exact) mass is 2500 g/mol. The van der Waals surface area contributed by atoms with Crippen LogP contribution in [0.5, 0.6) is 0 Å². The number of aryl methyl sites for hydroxylation is 3. The van der Waals surface area contributed by atoms with Crippen molar-refractivity contribution in [3.8, 4) is 96.1 Å². The van der Waals surface area contributed by atoms with Gasteiger partial charge in [0.2, 0.25) is 0 Å². The Labute approximate surface area is 812 Å². The molecule has 0 aliphatic heterocycles. The number of hydrogen-bond acceptors (Lipinski definition) is 21. The number of benzene rings is 8. The van der Waals surface area contributed by atoms with Gasteiger partial charge in [0, 0.05) is 183 Å². The summed E-state index contributed by atoms with van der Waals surface area (Å²) in [5, 5.41) is 42.1. The minimum Gasteiger partial charge on any atom is -0.477 e. The molecule has 0 saturated carbocycles. The summed E-state index contributed by atoms with van der Waals surface area (Å²) in [5.74, 6) is -5.45. The van der Waals surface area contributed by atoms with E-state index in [1.807, 2.05) is 57.2 Å². The molecule has 0 spiro atoms. The molecule has 4 N–H and O–H groups in total. The second kappa shape index (κ2) is 54.9. The van der Waals surface area contributed by atoms with Gasteiger partial charge in [0.25, 0.3) is 5.97 Å². The fourth-order valence-corrected chi connectivity index (χ4v) is 10.8. The van der Waals surface area contributed by atoms with Crippen LogP contribution in [0.25, 0.3) is 94.9 Å². The number of pyridine rings is 4. The normalized spacial score (nSPS) is 9.77. The first-order valence-electron chi connectivity index (χ1n) is 37.8. The summed E-state index contributed by atoms with van der Waals surface area (Å²) in [6.45, 7) is 12.7. The van der Waals surface area contributed by atoms with E-state index in [1.165, 1.54) is 99.8 Å². The maximum atomic E-state index is 13.1. The molecule has 8 heterocycles. The van der Waals surface area contributed by atoms with Crippen molar-refractivity contribution in [2.24, 2.45) is 0 Å². The fourth-order valence-electron chi connectivity index (χ4n) is 10.8. The van der Waals surface area contributed by atoms with Gasteiger partial charge in [-0.3, -0.25) is 34.1 Å². The van der Waals surface area contributed by atoms with E-state index in [1.54, 1.807) is 171 Å². The Balaban J connectivity index is 0.000000277. The first kappa shape index (κ1) is 108. The molecule has 0 amide bonds. The minimum absolute atomic E-state index is 0. The van der Waals surface area contributed by atoms with E-state index < -0.39 is 47.6 Å². The molecule has 0 fully saturated rings. The maximum Gasteiger partial charge on any atom is 0.381 e. The number of ether oxygens (including phenoxy) is 2. The van der Waals surface area contributed by atoms with E-state index in [9.17, 15) is 50.7 Å². The molecule has 0 aliphatic carbocycles. The number of nitrogens with zero attached hydrogens (tertiary/aromatic N) is 14. The zero-order valence-electron chi connectivity index (χ0n) is 69.9. The Morgan fingerprint density at radius 2 is 0.684 bits per heavy atom. The van der Waals surface area contributed by atoms with Gasteiger partial charge < -0.3 is 44.9 Å². The van der Waals surface area contributed by atoms with Crippen LogP contribution in [0, 0.1) is 74.6 Å². The molecule has 16 aromatic rings. The Bertz CT molecular complexity index is 6120. The van der Waals surface area contributed by atoms with Crippen molar-refractivity contribution in [3.05, 3.63) is 414 Å². The fraction of sp³-hybridized carbons (Fsp3) is 0.0612. The number of esters is 2. The van der Waals surface area contributed by atoms with Gasteiger partial charge in [0.1, 0.15) is 28.6 Å². The number of aromatic nitrogens is 12. The van der Waals surface area contributed by atoms with Crippen molar-refractivity contribution in [2.45, 2.75) is 26.9 Å². The predicted molar refractivity (Wildman–Crippen MR) is 465 cm³/mol. The summed E-state index contributed by atoms with van der Waals surface area (Å²) in [6.07, 6.45) is 10.9. The number of nitriles is 1. The van der Waals surface area contributed by atoms with Gasteiger partial charge in [0.05, 0.1) is 54.8 Å². The van der Waals surface area contributed by atoms with Crippen LogP contribution in [0.4, 0.5) is 27.6 Å². The SMILES string of the molecule is COC(=O)c1c[c-]c(-c2nccnc2-c2ccc(C(=O)OC)cc2)cc1.Cc1ccc(-c2nccnc2-c2[c-]cc(C(F)(F)F)cc2)cc1.Cc1nc(-c2[c-]cc(F)cc2)c(-c2ccc(F)cc2)nc1C.O=C(O)c1ccccn1.O=C(O)c1ccccn1.O=C(O)c1ccccn1.O=C(O)c1ccccn1.[C-]#[N+]c1ccc(-c2nccnc2-c2[c-]cc(C#N)cc2)cc1.[Ir].[Ir].[Ir].[Ir]. The second-order valence-electron chi connectivity index (χ2n) is 26.0. The number of carboxylic acid groups (broad SMARTS) is 4. The van der Waals surface area contributed by atoms with Crippen molar-refractivity contribution >= 4 is 41.5 Å². The molecule has 0 aliphatic rings. The van der Waals surface area contributed by atoms with E-state index >= 15 is 0 Å². The number of aromatic carboxylic acids is 4. The first-order chi connectivity index (χ1) is 62.2. The molecule has 8 aromatic carbocycles. The van der Waals surface area contributed by atoms with Gasteiger partial charge in [-0.2, -0.15) is 13.2 Å². The molecule has 0 bridgehead atoms. The smallest absolute Gasteiger partial charge is 0.381 e. The molecule has 4 radical (unpaired) electrons. The maximum absolute atomic E-state index is 13.1. The van der Waals surface area contributed by atoms with Gasteiger partial charge >= 0.3 is 36.0 Å². The Kier molecular flexibility index (Phi) is 44.7. The second-order valence-corrected chi connectivity index (χ2v) is 26.0. The van der Waals surface area contributed by atoms with Crippen molar-refractivity contribution in [1.29, 1.82) is 5.26 Å². The molecule has 133 heavy (non-hydrogen) atoms. The third kappa shape index (κ3) is 33.0. The van der Waals surface area contributed by atoms with Crippen LogP contribution >= 0.6 is 0 Å². The third-order valence-corrected chi connectivity index (χ3v) is 17.3. The van der Waals surface area contributed by atoms with Crippen LogP contribution in [0.15, 0.2) is 305 Å². The zero-order chi connectivity index (χ0) is 92.8. The molecule has 8 aromatic heterocycles. The zero-order valence-corrected chi connectivity index (χ0v) is 79.5. The number of halogens is 5. The number of carbonyl (C=O) groups is 6. The number of rotatable bonds is 14. The number of alkyl halides is 3. The largest absolute Gasteiger partial charge is 0.477 e. The summed E-state index contributed by atoms with van der Waals surface area (Å²) >= 11 is 0. The van der Waals surface area contributed by atoms with Crippen LogP contribution in [0.3, 0.4) is 0 Å². The number of carbonyl (C=O) groups excluding carboxylic acids is 2. The quantitative estimate of drug-likeness (QED) is 0.0446. The van der Waals surface area contributed by atoms with E-state index in [-0.39, 0.29) is 115 Å². The molecular formula is C98H69F5Ir4N14O12-4. The summed E-state index contributed by atoms with van der Waals surface area (Å²) in [4.78, 5) is 117. The van der Waals surface area contributed by atoms with Crippen molar-refractivity contribution in [3.63, 3.8) is 0 Å². The number of hydrogen-bond donors (Lipinski definition) is 4. The van der Waals surface area contributed by atoms with Gasteiger partial charge in [-0.05, 0) is 133 Å². The van der Waals surface area contributed by atoms with Gasteiger partial charge in [-0.1, -0.05) is 103 Å². The van der Waals surface area contributed by atoms with Crippen molar-refractivity contribution in [2.75, 3.05) is 14.2 Å². The summed E-state index contributed by atoms with van der Waals surface area (Å²) < 4.78 is 73.6. The van der Waals surface area contributed by atoms with Crippen LogP contribution in [-0.2, 0) is 96.1 Å². The Morgan fingerprint density at radius 1 is 0.361 bits per heavy atom. The van der Waals surface area contributed by atoms with Gasteiger partial charge in [0.15, 0.2) is 5.69 Å². The molecule has 35 heteroatoms. The average molecular weight is 2500 g/mol. The standard InChI is InChI=1S/C20H15N2O4.C18H12F3N2.C18H13F2N2.C18H9N4.4C6H5NO2.4Ir/c1-25-19(23)15-7-3-13(4-8-15)17-18(22-12-11-21-17)14-5-9-16(10-6-14)20(24)26-2;1-12-2-4-13(5-3-12)16-17(23-11-10-22-16)14-6-8-15(9-7-14)18(19,20)21;1-11-12(2)22-18(14-5-9-16(20)10-6-14)17(21-11)13-3-7-15(19)8-4-13;1-20-16-8-6-15(7-9-16)18-17(21-10-11-22-18)14-4-2-13(12-19)3-5-14;4*8-6(9)5-3-1-2-4-7-5;;;;/h3-5,7-12H,1-2H3;2-6,8-11H,1H3;3-5,7-10H,1-2H3;2-4,6-11H;4*1-4H,(H,8,9);;;;/q4*-1;;;;;;;;. The van der Waals surface area contributed by atoms with Gasteiger partial charge in [-0.15, -0.1) is 119 Å². The number of methoxy groups -OCH3 is 2. The Hall–Kier alpha value is -15.3. The van der Waals surface area contributed by atoms with Crippen LogP contribution in [0.1, 0.15) is 90.7 Å². The molecule has 26 nitrogen and oxygen atoms in total. The molecular weight excluding hydrogens is 2430 g/mol. The van der Waals surface area contributed by atoms with Gasteiger partial charge in [-0.25, -0.2) is 58.4 Å². The molecule has 678 valence electrons. The molecule has 0 unspecified atom stereocenters. The third-order valence-electron chi connectivity index (χ3n) is 17.3. The van der Waals surface area contributed by atoms with E-state index in [0.717, 1.165) is 62.6 Å². The number of carboxylic acids is 4. The van der Waals surface area contributed by atoms with Crippen LogP contribution in [0.2, 0.25) is 0 Å². The summed E-state index contributed by atoms with van der Waals surface area (Å²) in [6, 6.07) is 78.3. The van der Waals surface area contributed by atoms with Crippen molar-refractivity contribution < 1.29 is 161 Å². The summed E-state index contributed by atoms with van der Waals surface area (Å²) in [7, 11) is 2.67. The topological polar surface area (TPSA) is 385 Å². The molecule has 0 atom stereocenters. The van der Waals surface area contributed by atoms with Crippen LogP contribution < -0.4 is 0 Å². The molecule has 16 rings (SSSR count). The van der Waals surface area contributed by atoms with E-state index in [2.05, 4.69) is 99.7 Å². The molecule has 0 saturated heterocycles. The predicted octanol–water partition coefficient (Wildman–Crippen LogP) is 19.8. The Morgan fingerprint density at radius 3 is 1.01 bits per heavy atom. The van der Waals surface area contributed by atoms with Crippen LogP contribution in [-0.4, -0.2) is 130 Å². The van der Waals surface area contributed by atoms with E-state index in [0.29, 0.717) is 78.9 Å².